The largest absolute Gasteiger partial charge is 0.444 e. The molecule has 0 atom stereocenters. The zero-order valence-electron chi connectivity index (χ0n) is 13.3. The van der Waals surface area contributed by atoms with Crippen LogP contribution in [-0.4, -0.2) is 17.2 Å². The van der Waals surface area contributed by atoms with Gasteiger partial charge in [0.15, 0.2) is 0 Å². The van der Waals surface area contributed by atoms with Gasteiger partial charge in [-0.05, 0) is 42.3 Å². The monoisotopic (exact) mass is 350 g/mol. The Kier molecular flexibility index (Phi) is 6.02. The van der Waals surface area contributed by atoms with Crippen LogP contribution in [0.4, 0.5) is 13.6 Å². The van der Waals surface area contributed by atoms with Crippen molar-refractivity contribution in [1.29, 1.82) is 0 Å². The molecule has 6 nitrogen and oxygen atoms in total. The lowest BCUT2D eigenvalue weighted by atomic mass is 10.1. The molecule has 0 spiro atoms. The Morgan fingerprint density at radius 3 is 2.28 bits per heavy atom. The first kappa shape index (κ1) is 18.3. The Morgan fingerprint density at radius 2 is 1.72 bits per heavy atom. The summed E-state index contributed by atoms with van der Waals surface area (Å²) in [5.74, 6) is -2.20. The second kappa shape index (κ2) is 8.20. The minimum atomic E-state index is -0.837. The van der Waals surface area contributed by atoms with E-state index in [1.807, 2.05) is 0 Å². The maximum absolute atomic E-state index is 13.6. The number of hydroxylamine groups is 1. The standard InChI is InChI=1S/C17H16F2N2O4/c1-10-6-14(18)13(15(19)7-10)9-25-17(23)20-8-11-2-4-12(5-3-11)16(22)21-24/h2-7,24H,8-9H2,1H3,(H,20,23)(H,21,22). The number of hydrogen-bond acceptors (Lipinski definition) is 4. The Morgan fingerprint density at radius 1 is 1.12 bits per heavy atom. The van der Waals surface area contributed by atoms with E-state index >= 15 is 0 Å². The van der Waals surface area contributed by atoms with Gasteiger partial charge in [0.1, 0.15) is 18.2 Å². The van der Waals surface area contributed by atoms with Crippen LogP contribution < -0.4 is 10.8 Å². The lowest BCUT2D eigenvalue weighted by Gasteiger charge is -2.09. The Bertz CT molecular complexity index is 756. The average molecular weight is 350 g/mol. The highest BCUT2D eigenvalue weighted by Crippen LogP contribution is 2.16. The van der Waals surface area contributed by atoms with Gasteiger partial charge < -0.3 is 10.1 Å². The molecule has 0 saturated carbocycles. The first-order valence-corrected chi connectivity index (χ1v) is 7.29. The van der Waals surface area contributed by atoms with Crippen LogP contribution in [0.1, 0.15) is 27.0 Å². The summed E-state index contributed by atoms with van der Waals surface area (Å²) in [5.41, 5.74) is 2.53. The van der Waals surface area contributed by atoms with Crippen molar-refractivity contribution < 1.29 is 28.3 Å². The van der Waals surface area contributed by atoms with E-state index in [1.54, 1.807) is 19.1 Å². The molecule has 0 heterocycles. The molecular formula is C17H16F2N2O4. The van der Waals surface area contributed by atoms with E-state index < -0.39 is 30.2 Å². The molecule has 0 aromatic heterocycles. The minimum absolute atomic E-state index is 0.0960. The van der Waals surface area contributed by atoms with E-state index in [0.717, 1.165) is 12.1 Å². The van der Waals surface area contributed by atoms with Crippen molar-refractivity contribution in [1.82, 2.24) is 10.8 Å². The molecule has 2 aromatic rings. The molecule has 0 radical (unpaired) electrons. The fourth-order valence-electron chi connectivity index (χ4n) is 2.07. The number of nitrogens with one attached hydrogen (secondary N) is 2. The Balaban J connectivity index is 1.86. The SMILES string of the molecule is Cc1cc(F)c(COC(=O)NCc2ccc(C(=O)NO)cc2)c(F)c1. The first-order valence-electron chi connectivity index (χ1n) is 7.29. The average Bonchev–Trinajstić information content (AvgIpc) is 2.58. The Labute approximate surface area is 142 Å². The zero-order chi connectivity index (χ0) is 18.4. The number of hydrogen-bond donors (Lipinski definition) is 3. The summed E-state index contributed by atoms with van der Waals surface area (Å²) < 4.78 is 32.1. The normalized spacial score (nSPS) is 10.2. The topological polar surface area (TPSA) is 87.7 Å². The van der Waals surface area contributed by atoms with Crippen molar-refractivity contribution in [3.63, 3.8) is 0 Å². The van der Waals surface area contributed by atoms with Gasteiger partial charge in [-0.1, -0.05) is 12.1 Å². The van der Waals surface area contributed by atoms with Crippen molar-refractivity contribution in [3.05, 3.63) is 70.3 Å². The van der Waals surface area contributed by atoms with E-state index in [9.17, 15) is 18.4 Å². The van der Waals surface area contributed by atoms with E-state index in [4.69, 9.17) is 9.94 Å². The summed E-state index contributed by atoms with van der Waals surface area (Å²) in [6.45, 7) is 1.12. The van der Waals surface area contributed by atoms with E-state index in [0.29, 0.717) is 11.1 Å². The van der Waals surface area contributed by atoms with Crippen LogP contribution in [0.5, 0.6) is 0 Å². The number of ether oxygens (including phenoxy) is 1. The van der Waals surface area contributed by atoms with Gasteiger partial charge in [0, 0.05) is 12.1 Å². The van der Waals surface area contributed by atoms with Crippen molar-refractivity contribution in [2.75, 3.05) is 0 Å². The summed E-state index contributed by atoms with van der Waals surface area (Å²) in [6, 6.07) is 8.39. The van der Waals surface area contributed by atoms with Crippen LogP contribution in [0.3, 0.4) is 0 Å². The van der Waals surface area contributed by atoms with Gasteiger partial charge in [0.05, 0.1) is 5.56 Å². The number of halogens is 2. The van der Waals surface area contributed by atoms with Crippen LogP contribution in [0, 0.1) is 18.6 Å². The zero-order valence-corrected chi connectivity index (χ0v) is 13.3. The number of carbonyl (C=O) groups excluding carboxylic acids is 2. The highest BCUT2D eigenvalue weighted by Gasteiger charge is 2.12. The number of benzene rings is 2. The third kappa shape index (κ3) is 4.98. The summed E-state index contributed by atoms with van der Waals surface area (Å²) in [6.07, 6.45) is -0.837. The van der Waals surface area contributed by atoms with Gasteiger partial charge >= 0.3 is 6.09 Å². The molecule has 132 valence electrons. The Hall–Kier alpha value is -3.00. The summed E-state index contributed by atoms with van der Waals surface area (Å²) in [7, 11) is 0. The van der Waals surface area contributed by atoms with Gasteiger partial charge in [-0.15, -0.1) is 0 Å². The van der Waals surface area contributed by atoms with E-state index in [-0.39, 0.29) is 17.7 Å². The molecule has 8 heteroatoms. The molecule has 0 aliphatic heterocycles. The highest BCUT2D eigenvalue weighted by molar-refractivity contribution is 5.93. The highest BCUT2D eigenvalue weighted by atomic mass is 19.1. The van der Waals surface area contributed by atoms with Crippen molar-refractivity contribution in [3.8, 4) is 0 Å². The maximum atomic E-state index is 13.6. The van der Waals surface area contributed by atoms with Gasteiger partial charge in [-0.3, -0.25) is 10.0 Å². The molecule has 0 bridgehead atoms. The lowest BCUT2D eigenvalue weighted by Crippen LogP contribution is -2.24. The first-order chi connectivity index (χ1) is 11.9. The molecule has 2 amide bonds. The molecule has 0 fully saturated rings. The van der Waals surface area contributed by atoms with Crippen LogP contribution in [0.25, 0.3) is 0 Å². The van der Waals surface area contributed by atoms with Crippen molar-refractivity contribution in [2.24, 2.45) is 0 Å². The predicted molar refractivity (Wildman–Crippen MR) is 83.8 cm³/mol. The molecule has 3 N–H and O–H groups in total. The molecule has 0 aliphatic carbocycles. The summed E-state index contributed by atoms with van der Waals surface area (Å²) in [4.78, 5) is 22.8. The number of alkyl carbamates (subject to hydrolysis) is 1. The second-order valence-electron chi connectivity index (χ2n) is 5.27. The molecule has 25 heavy (non-hydrogen) atoms. The fourth-order valence-corrected chi connectivity index (χ4v) is 2.07. The molecule has 2 rings (SSSR count). The summed E-state index contributed by atoms with van der Waals surface area (Å²) in [5, 5.41) is 10.9. The fraction of sp³-hybridized carbons (Fsp3) is 0.176. The number of amides is 2. The van der Waals surface area contributed by atoms with Crippen LogP contribution in [0.15, 0.2) is 36.4 Å². The smallest absolute Gasteiger partial charge is 0.407 e. The molecular weight excluding hydrogens is 334 g/mol. The number of rotatable bonds is 5. The maximum Gasteiger partial charge on any atom is 0.407 e. The van der Waals surface area contributed by atoms with Crippen LogP contribution >= 0.6 is 0 Å². The molecule has 0 saturated heterocycles. The second-order valence-corrected chi connectivity index (χ2v) is 5.27. The summed E-state index contributed by atoms with van der Waals surface area (Å²) >= 11 is 0. The predicted octanol–water partition coefficient (Wildman–Crippen LogP) is 2.82. The van der Waals surface area contributed by atoms with E-state index in [1.165, 1.54) is 17.6 Å². The van der Waals surface area contributed by atoms with E-state index in [2.05, 4.69) is 5.32 Å². The van der Waals surface area contributed by atoms with Crippen LogP contribution in [0.2, 0.25) is 0 Å². The van der Waals surface area contributed by atoms with Gasteiger partial charge in [-0.25, -0.2) is 19.1 Å². The van der Waals surface area contributed by atoms with Crippen molar-refractivity contribution in [2.45, 2.75) is 20.1 Å². The van der Waals surface area contributed by atoms with Gasteiger partial charge in [-0.2, -0.15) is 0 Å². The molecule has 0 unspecified atom stereocenters. The molecule has 2 aromatic carbocycles. The number of aryl methyl sites for hydroxylation is 1. The third-order valence-electron chi connectivity index (χ3n) is 3.39. The van der Waals surface area contributed by atoms with Gasteiger partial charge in [0.25, 0.3) is 5.91 Å². The van der Waals surface area contributed by atoms with Crippen LogP contribution in [-0.2, 0) is 17.9 Å². The lowest BCUT2D eigenvalue weighted by molar-refractivity contribution is 0.0706. The third-order valence-corrected chi connectivity index (χ3v) is 3.39. The minimum Gasteiger partial charge on any atom is -0.444 e. The molecule has 0 aliphatic rings. The van der Waals surface area contributed by atoms with Gasteiger partial charge in [0.2, 0.25) is 0 Å². The van der Waals surface area contributed by atoms with Crippen molar-refractivity contribution >= 4 is 12.0 Å². The number of carbonyl (C=O) groups is 2. The quantitative estimate of drug-likeness (QED) is 0.572.